The number of hydrogen-bond acceptors (Lipinski definition) is 4. The Bertz CT molecular complexity index is 567. The van der Waals surface area contributed by atoms with Gasteiger partial charge in [0.15, 0.2) is 0 Å². The topological polar surface area (TPSA) is 67.7 Å². The average Bonchev–Trinajstić information content (AvgIpc) is 3.19. The SMILES string of the molecule is COC(=O)N1CCCC[C@H]1C(=O)N1CCC(CCn2cccn2)CC1. The molecule has 2 amide bonds. The molecule has 0 saturated carbocycles. The number of piperidine rings is 2. The smallest absolute Gasteiger partial charge is 0.410 e. The maximum Gasteiger partial charge on any atom is 0.410 e. The van der Waals surface area contributed by atoms with Crippen molar-refractivity contribution < 1.29 is 14.3 Å². The second kappa shape index (κ2) is 8.36. The van der Waals surface area contributed by atoms with E-state index in [0.29, 0.717) is 12.5 Å². The monoisotopic (exact) mass is 348 g/mol. The van der Waals surface area contributed by atoms with Gasteiger partial charge < -0.3 is 9.64 Å². The molecule has 1 aromatic rings. The standard InChI is InChI=1S/C18H28N4O3/c1-25-18(24)22-11-3-2-5-16(22)17(23)20-12-6-15(7-13-20)8-14-21-10-4-9-19-21/h4,9-10,15-16H,2-3,5-8,11-14H2,1H3/t16-/m0/s1. The molecule has 2 fully saturated rings. The zero-order valence-electron chi connectivity index (χ0n) is 15.0. The summed E-state index contributed by atoms with van der Waals surface area (Å²) in [5.74, 6) is 0.729. The molecule has 0 bridgehead atoms. The number of rotatable bonds is 4. The zero-order chi connectivity index (χ0) is 17.6. The maximum absolute atomic E-state index is 12.9. The van der Waals surface area contributed by atoms with E-state index in [1.807, 2.05) is 21.8 Å². The van der Waals surface area contributed by atoms with Crippen molar-refractivity contribution in [3.8, 4) is 0 Å². The fourth-order valence-electron chi connectivity index (χ4n) is 3.92. The van der Waals surface area contributed by atoms with Crippen LogP contribution in [0, 0.1) is 5.92 Å². The van der Waals surface area contributed by atoms with E-state index in [2.05, 4.69) is 5.10 Å². The van der Waals surface area contributed by atoms with Gasteiger partial charge in [0.1, 0.15) is 6.04 Å². The Balaban J connectivity index is 1.49. The van der Waals surface area contributed by atoms with Gasteiger partial charge in [-0.25, -0.2) is 4.79 Å². The summed E-state index contributed by atoms with van der Waals surface area (Å²) >= 11 is 0. The second-order valence-corrected chi connectivity index (χ2v) is 7.00. The molecule has 0 radical (unpaired) electrons. The van der Waals surface area contributed by atoms with E-state index in [-0.39, 0.29) is 18.0 Å². The molecule has 1 aromatic heterocycles. The highest BCUT2D eigenvalue weighted by molar-refractivity contribution is 5.86. The van der Waals surface area contributed by atoms with Crippen molar-refractivity contribution in [1.29, 1.82) is 0 Å². The van der Waals surface area contributed by atoms with Crippen molar-refractivity contribution >= 4 is 12.0 Å². The van der Waals surface area contributed by atoms with Gasteiger partial charge in [-0.2, -0.15) is 5.10 Å². The Morgan fingerprint density at radius 2 is 1.96 bits per heavy atom. The highest BCUT2D eigenvalue weighted by Crippen LogP contribution is 2.25. The van der Waals surface area contributed by atoms with Crippen molar-refractivity contribution in [1.82, 2.24) is 19.6 Å². The van der Waals surface area contributed by atoms with Crippen LogP contribution in [0.5, 0.6) is 0 Å². The fourth-order valence-corrected chi connectivity index (χ4v) is 3.92. The fraction of sp³-hybridized carbons (Fsp3) is 0.722. The summed E-state index contributed by atoms with van der Waals surface area (Å²) in [5.41, 5.74) is 0. The van der Waals surface area contributed by atoms with E-state index in [1.54, 1.807) is 11.1 Å². The first-order valence-electron chi connectivity index (χ1n) is 9.30. The van der Waals surface area contributed by atoms with Crippen LogP contribution >= 0.6 is 0 Å². The normalized spacial score (nSPS) is 22.0. The highest BCUT2D eigenvalue weighted by atomic mass is 16.5. The van der Waals surface area contributed by atoms with Gasteiger partial charge in [-0.3, -0.25) is 14.4 Å². The van der Waals surface area contributed by atoms with E-state index < -0.39 is 0 Å². The third-order valence-corrected chi connectivity index (χ3v) is 5.45. The lowest BCUT2D eigenvalue weighted by Gasteiger charge is -2.39. The van der Waals surface area contributed by atoms with E-state index in [0.717, 1.165) is 58.2 Å². The van der Waals surface area contributed by atoms with Gasteiger partial charge in [0.25, 0.3) is 0 Å². The van der Waals surface area contributed by atoms with Gasteiger partial charge in [0.2, 0.25) is 5.91 Å². The van der Waals surface area contributed by atoms with Crippen LogP contribution in [0.3, 0.4) is 0 Å². The maximum atomic E-state index is 12.9. The number of amides is 2. The van der Waals surface area contributed by atoms with Gasteiger partial charge in [-0.1, -0.05) is 0 Å². The van der Waals surface area contributed by atoms with Crippen LogP contribution in [0.25, 0.3) is 0 Å². The molecule has 2 aliphatic rings. The molecule has 138 valence electrons. The van der Waals surface area contributed by atoms with Crippen LogP contribution in [0.15, 0.2) is 18.5 Å². The van der Waals surface area contributed by atoms with Crippen LogP contribution < -0.4 is 0 Å². The quantitative estimate of drug-likeness (QED) is 0.836. The minimum absolute atomic E-state index is 0.0932. The minimum atomic E-state index is -0.382. The molecule has 25 heavy (non-hydrogen) atoms. The third kappa shape index (κ3) is 4.32. The number of aryl methyl sites for hydroxylation is 1. The van der Waals surface area contributed by atoms with E-state index in [4.69, 9.17) is 4.74 Å². The molecular weight excluding hydrogens is 320 g/mol. The molecule has 0 aromatic carbocycles. The van der Waals surface area contributed by atoms with Crippen molar-refractivity contribution in [3.05, 3.63) is 18.5 Å². The molecule has 7 heteroatoms. The molecule has 7 nitrogen and oxygen atoms in total. The molecule has 3 heterocycles. The lowest BCUT2D eigenvalue weighted by atomic mass is 9.92. The largest absolute Gasteiger partial charge is 0.453 e. The van der Waals surface area contributed by atoms with Gasteiger partial charge in [-0.05, 0) is 50.5 Å². The van der Waals surface area contributed by atoms with Crippen molar-refractivity contribution in [2.24, 2.45) is 5.92 Å². The van der Waals surface area contributed by atoms with Gasteiger partial charge in [0, 0.05) is 38.6 Å². The first-order chi connectivity index (χ1) is 12.2. The number of hydrogen-bond donors (Lipinski definition) is 0. The number of ether oxygens (including phenoxy) is 1. The lowest BCUT2D eigenvalue weighted by molar-refractivity contribution is -0.139. The molecule has 1 atom stereocenters. The number of carbonyl (C=O) groups excluding carboxylic acids is 2. The number of aromatic nitrogens is 2. The first-order valence-corrected chi connectivity index (χ1v) is 9.30. The number of nitrogens with zero attached hydrogens (tertiary/aromatic N) is 4. The molecule has 0 spiro atoms. The summed E-state index contributed by atoms with van der Waals surface area (Å²) in [5, 5.41) is 4.24. The lowest BCUT2D eigenvalue weighted by Crippen LogP contribution is -2.54. The molecule has 0 N–H and O–H groups in total. The average molecular weight is 348 g/mol. The summed E-state index contributed by atoms with van der Waals surface area (Å²) in [6.45, 7) is 3.12. The van der Waals surface area contributed by atoms with Crippen LogP contribution in [-0.4, -0.2) is 64.4 Å². The van der Waals surface area contributed by atoms with Crippen molar-refractivity contribution in [2.75, 3.05) is 26.7 Å². The van der Waals surface area contributed by atoms with Crippen LogP contribution in [0.1, 0.15) is 38.5 Å². The molecule has 0 aliphatic carbocycles. The predicted molar refractivity (Wildman–Crippen MR) is 92.9 cm³/mol. The van der Waals surface area contributed by atoms with E-state index >= 15 is 0 Å². The summed E-state index contributed by atoms with van der Waals surface area (Å²) in [6, 6.07) is 1.60. The van der Waals surface area contributed by atoms with Crippen LogP contribution in [0.2, 0.25) is 0 Å². The number of likely N-dealkylation sites (tertiary alicyclic amines) is 2. The molecule has 3 rings (SSSR count). The summed E-state index contributed by atoms with van der Waals surface area (Å²) in [7, 11) is 1.38. The van der Waals surface area contributed by atoms with Crippen LogP contribution in [-0.2, 0) is 16.1 Å². The van der Waals surface area contributed by atoms with E-state index in [9.17, 15) is 9.59 Å². The van der Waals surface area contributed by atoms with Crippen LogP contribution in [0.4, 0.5) is 4.79 Å². The Labute approximate surface area is 148 Å². The Morgan fingerprint density at radius 1 is 1.16 bits per heavy atom. The third-order valence-electron chi connectivity index (χ3n) is 5.45. The summed E-state index contributed by atoms with van der Waals surface area (Å²) < 4.78 is 6.82. The molecule has 0 unspecified atom stereocenters. The number of methoxy groups -OCH3 is 1. The van der Waals surface area contributed by atoms with Gasteiger partial charge in [0.05, 0.1) is 7.11 Å². The summed E-state index contributed by atoms with van der Waals surface area (Å²) in [4.78, 5) is 28.4. The van der Waals surface area contributed by atoms with E-state index in [1.165, 1.54) is 7.11 Å². The number of carbonyl (C=O) groups is 2. The Hall–Kier alpha value is -2.05. The first kappa shape index (κ1) is 17.8. The van der Waals surface area contributed by atoms with Crippen molar-refractivity contribution in [3.63, 3.8) is 0 Å². The Kier molecular flexibility index (Phi) is 5.94. The minimum Gasteiger partial charge on any atom is -0.453 e. The predicted octanol–water partition coefficient (Wildman–Crippen LogP) is 2.13. The summed E-state index contributed by atoms with van der Waals surface area (Å²) in [6.07, 6.45) is 9.23. The molecular formula is C18H28N4O3. The van der Waals surface area contributed by atoms with Crippen molar-refractivity contribution in [2.45, 2.75) is 51.1 Å². The zero-order valence-corrected chi connectivity index (χ0v) is 15.0. The molecule has 2 saturated heterocycles. The second-order valence-electron chi connectivity index (χ2n) is 7.00. The van der Waals surface area contributed by atoms with Gasteiger partial charge >= 0.3 is 6.09 Å². The van der Waals surface area contributed by atoms with Gasteiger partial charge in [-0.15, -0.1) is 0 Å². The highest BCUT2D eigenvalue weighted by Gasteiger charge is 2.36. The molecule has 2 aliphatic heterocycles. The Morgan fingerprint density at radius 3 is 2.64 bits per heavy atom.